The predicted molar refractivity (Wildman–Crippen MR) is 123 cm³/mol. The molecule has 6 heteroatoms. The van der Waals surface area contributed by atoms with Gasteiger partial charge in [0.2, 0.25) is 0 Å². The van der Waals surface area contributed by atoms with Crippen molar-refractivity contribution >= 4 is 5.96 Å². The van der Waals surface area contributed by atoms with Gasteiger partial charge in [0.15, 0.2) is 5.96 Å². The first-order valence-electron chi connectivity index (χ1n) is 11.7. The van der Waals surface area contributed by atoms with Crippen LogP contribution in [0, 0.1) is 5.41 Å². The number of aliphatic imine (C=N–C) groups is 1. The summed E-state index contributed by atoms with van der Waals surface area (Å²) in [4.78, 5) is 7.49. The highest BCUT2D eigenvalue weighted by Crippen LogP contribution is 2.31. The number of nitrogens with one attached hydrogen (secondary N) is 2. The third-order valence-corrected chi connectivity index (χ3v) is 6.64. The quantitative estimate of drug-likeness (QED) is 0.427. The van der Waals surface area contributed by atoms with Crippen LogP contribution in [0.4, 0.5) is 0 Å². The summed E-state index contributed by atoms with van der Waals surface area (Å²) in [6, 6.07) is 9.36. The second-order valence-corrected chi connectivity index (χ2v) is 8.91. The van der Waals surface area contributed by atoms with Gasteiger partial charge in [-0.2, -0.15) is 0 Å². The molecule has 2 unspecified atom stereocenters. The number of aliphatic hydroxyl groups is 1. The summed E-state index contributed by atoms with van der Waals surface area (Å²) in [5.41, 5.74) is 2.68. The van der Waals surface area contributed by atoms with Gasteiger partial charge in [-0.15, -0.1) is 0 Å². The van der Waals surface area contributed by atoms with Crippen molar-refractivity contribution in [1.82, 2.24) is 15.5 Å². The van der Waals surface area contributed by atoms with Gasteiger partial charge in [-0.05, 0) is 57.2 Å². The fraction of sp³-hybridized carbons (Fsp3) is 0.708. The Bertz CT molecular complexity index is 673. The number of piperidine rings is 1. The van der Waals surface area contributed by atoms with Gasteiger partial charge in [-0.1, -0.05) is 30.7 Å². The summed E-state index contributed by atoms with van der Waals surface area (Å²) in [6.07, 6.45) is 5.70. The maximum atomic E-state index is 9.46. The number of hydrogen-bond donors (Lipinski definition) is 3. The van der Waals surface area contributed by atoms with Gasteiger partial charge in [0.05, 0.1) is 13.2 Å². The van der Waals surface area contributed by atoms with Crippen LogP contribution in [0.25, 0.3) is 0 Å². The summed E-state index contributed by atoms with van der Waals surface area (Å²) in [5.74, 6) is 0.836. The first kappa shape index (κ1) is 23.0. The Labute approximate surface area is 182 Å². The van der Waals surface area contributed by atoms with Gasteiger partial charge in [-0.3, -0.25) is 4.90 Å². The molecule has 30 heavy (non-hydrogen) atoms. The van der Waals surface area contributed by atoms with E-state index >= 15 is 0 Å². The molecule has 1 aromatic rings. The molecule has 0 amide bonds. The highest BCUT2D eigenvalue weighted by Gasteiger charge is 2.34. The summed E-state index contributed by atoms with van der Waals surface area (Å²) in [6.45, 7) is 10.6. The van der Waals surface area contributed by atoms with Crippen LogP contribution in [0.2, 0.25) is 0 Å². The third-order valence-electron chi connectivity index (χ3n) is 6.64. The summed E-state index contributed by atoms with van der Waals surface area (Å²) in [7, 11) is 0. The van der Waals surface area contributed by atoms with Gasteiger partial charge in [-0.25, -0.2) is 4.99 Å². The number of ether oxygens (including phenoxy) is 1. The van der Waals surface area contributed by atoms with Crippen molar-refractivity contribution in [2.45, 2.75) is 65.1 Å². The minimum Gasteiger partial charge on any atom is -0.396 e. The monoisotopic (exact) mass is 416 g/mol. The normalized spacial score (nSPS) is 25.4. The molecule has 168 valence electrons. The van der Waals surface area contributed by atoms with Crippen molar-refractivity contribution in [2.24, 2.45) is 10.4 Å². The average Bonchev–Trinajstić information content (AvgIpc) is 3.22. The van der Waals surface area contributed by atoms with Crippen molar-refractivity contribution in [3.63, 3.8) is 0 Å². The molecule has 0 radical (unpaired) electrons. The lowest BCUT2D eigenvalue weighted by Gasteiger charge is -2.33. The van der Waals surface area contributed by atoms with Gasteiger partial charge in [0.1, 0.15) is 0 Å². The van der Waals surface area contributed by atoms with Gasteiger partial charge in [0.25, 0.3) is 0 Å². The molecule has 3 N–H and O–H groups in total. The Morgan fingerprint density at radius 1 is 1.27 bits per heavy atom. The molecule has 2 aliphatic rings. The number of likely N-dealkylation sites (tertiary alicyclic amines) is 1. The largest absolute Gasteiger partial charge is 0.396 e. The van der Waals surface area contributed by atoms with Gasteiger partial charge >= 0.3 is 0 Å². The highest BCUT2D eigenvalue weighted by molar-refractivity contribution is 5.79. The molecule has 0 aliphatic carbocycles. The smallest absolute Gasteiger partial charge is 0.191 e. The lowest BCUT2D eigenvalue weighted by atomic mass is 9.84. The molecule has 0 bridgehead atoms. The Kier molecular flexibility index (Phi) is 8.97. The minimum absolute atomic E-state index is 0.00719. The molecule has 2 heterocycles. The van der Waals surface area contributed by atoms with Crippen molar-refractivity contribution in [3.05, 3.63) is 35.4 Å². The van der Waals surface area contributed by atoms with Crippen LogP contribution < -0.4 is 10.6 Å². The van der Waals surface area contributed by atoms with Crippen LogP contribution in [0.5, 0.6) is 0 Å². The lowest BCUT2D eigenvalue weighted by Crippen LogP contribution is -2.44. The SMILES string of the molecule is CCNC(=NCc1ccccc1CN1CCCCC1C)NCC1(CCO)CCOC1. The Hall–Kier alpha value is -1.63. The van der Waals surface area contributed by atoms with Crippen molar-refractivity contribution in [3.8, 4) is 0 Å². The molecule has 3 rings (SSSR count). The van der Waals surface area contributed by atoms with Crippen LogP contribution in [0.3, 0.4) is 0 Å². The number of benzene rings is 1. The van der Waals surface area contributed by atoms with Crippen molar-refractivity contribution in [1.29, 1.82) is 0 Å². The molecule has 6 nitrogen and oxygen atoms in total. The van der Waals surface area contributed by atoms with Gasteiger partial charge in [0, 0.05) is 44.3 Å². The molecule has 1 aromatic carbocycles. The van der Waals surface area contributed by atoms with Crippen LogP contribution in [0.1, 0.15) is 57.1 Å². The van der Waals surface area contributed by atoms with Gasteiger partial charge < -0.3 is 20.5 Å². The van der Waals surface area contributed by atoms with Crippen LogP contribution >= 0.6 is 0 Å². The zero-order valence-electron chi connectivity index (χ0n) is 18.8. The standard InChI is InChI=1S/C24H40N4O2/c1-3-25-23(27-18-24(11-14-29)12-15-30-19-24)26-16-21-9-4-5-10-22(21)17-28-13-7-6-8-20(28)2/h4-5,9-10,20,29H,3,6-8,11-19H2,1-2H3,(H2,25,26,27). The first-order chi connectivity index (χ1) is 14.7. The Morgan fingerprint density at radius 3 is 2.80 bits per heavy atom. The topological polar surface area (TPSA) is 69.1 Å². The number of guanidine groups is 1. The fourth-order valence-electron chi connectivity index (χ4n) is 4.57. The van der Waals surface area contributed by atoms with E-state index in [1.807, 2.05) is 0 Å². The molecule has 0 spiro atoms. The lowest BCUT2D eigenvalue weighted by molar-refractivity contribution is 0.127. The molecular formula is C24H40N4O2. The molecule has 0 saturated carbocycles. The van der Waals surface area contributed by atoms with E-state index in [9.17, 15) is 5.11 Å². The number of aliphatic hydroxyl groups excluding tert-OH is 1. The van der Waals surface area contributed by atoms with Crippen LogP contribution in [-0.2, 0) is 17.8 Å². The van der Waals surface area contributed by atoms with E-state index < -0.39 is 0 Å². The van der Waals surface area contributed by atoms with Crippen LogP contribution in [-0.4, -0.2) is 61.5 Å². The first-order valence-corrected chi connectivity index (χ1v) is 11.7. The second kappa shape index (κ2) is 11.7. The number of hydrogen-bond acceptors (Lipinski definition) is 4. The maximum absolute atomic E-state index is 9.46. The average molecular weight is 417 g/mol. The minimum atomic E-state index is 0.00719. The van der Waals surface area contributed by atoms with E-state index in [4.69, 9.17) is 9.73 Å². The van der Waals surface area contributed by atoms with Crippen LogP contribution in [0.15, 0.2) is 29.3 Å². The van der Waals surface area contributed by atoms with E-state index in [2.05, 4.69) is 53.6 Å². The van der Waals surface area contributed by atoms with E-state index in [-0.39, 0.29) is 12.0 Å². The number of nitrogens with zero attached hydrogens (tertiary/aromatic N) is 2. The third kappa shape index (κ3) is 6.43. The Morgan fingerprint density at radius 2 is 2.10 bits per heavy atom. The zero-order valence-corrected chi connectivity index (χ0v) is 18.8. The molecule has 2 aliphatic heterocycles. The molecule has 2 atom stereocenters. The number of rotatable bonds is 9. The molecular weight excluding hydrogens is 376 g/mol. The van der Waals surface area contributed by atoms with E-state index in [0.29, 0.717) is 19.2 Å². The summed E-state index contributed by atoms with van der Waals surface area (Å²) in [5, 5.41) is 16.3. The molecule has 0 aromatic heterocycles. The second-order valence-electron chi connectivity index (χ2n) is 8.91. The van der Waals surface area contributed by atoms with E-state index in [1.165, 1.54) is 36.9 Å². The molecule has 2 fully saturated rings. The Balaban J connectivity index is 1.64. The molecule has 2 saturated heterocycles. The van der Waals surface area contributed by atoms with Crippen molar-refractivity contribution < 1.29 is 9.84 Å². The fourth-order valence-corrected chi connectivity index (χ4v) is 4.57. The highest BCUT2D eigenvalue weighted by atomic mass is 16.5. The predicted octanol–water partition coefficient (Wildman–Crippen LogP) is 2.91. The maximum Gasteiger partial charge on any atom is 0.191 e. The zero-order chi connectivity index (χ0) is 21.2. The summed E-state index contributed by atoms with van der Waals surface area (Å²) >= 11 is 0. The van der Waals surface area contributed by atoms with E-state index in [0.717, 1.165) is 45.0 Å². The van der Waals surface area contributed by atoms with Crippen molar-refractivity contribution in [2.75, 3.05) is 39.5 Å². The summed E-state index contributed by atoms with van der Waals surface area (Å²) < 4.78 is 5.62. The van der Waals surface area contributed by atoms with E-state index in [1.54, 1.807) is 0 Å².